The third kappa shape index (κ3) is 6.04. The van der Waals surface area contributed by atoms with Crippen LogP contribution in [-0.2, 0) is 11.3 Å². The van der Waals surface area contributed by atoms with Gasteiger partial charge >= 0.3 is 0 Å². The molecule has 2 N–H and O–H groups in total. The largest absolute Gasteiger partial charge is 0.395 e. The second-order valence-corrected chi connectivity index (χ2v) is 4.74. The Morgan fingerprint density at radius 2 is 2.33 bits per heavy atom. The summed E-state index contributed by atoms with van der Waals surface area (Å²) < 4.78 is 24.4. The van der Waals surface area contributed by atoms with Crippen LogP contribution in [0.15, 0.2) is 17.5 Å². The quantitative estimate of drug-likeness (QED) is 0.743. The third-order valence-electron chi connectivity index (χ3n) is 2.22. The average molecular weight is 278 g/mol. The second-order valence-electron chi connectivity index (χ2n) is 3.71. The van der Waals surface area contributed by atoms with Crippen LogP contribution in [0.5, 0.6) is 0 Å². The number of carbonyl (C=O) groups is 1. The highest BCUT2D eigenvalue weighted by Gasteiger charge is 2.14. The fraction of sp³-hybridized carbons (Fsp3) is 0.545. The van der Waals surface area contributed by atoms with Gasteiger partial charge in [0.25, 0.3) is 6.43 Å². The normalized spacial score (nSPS) is 11.2. The highest BCUT2D eigenvalue weighted by Crippen LogP contribution is 2.07. The van der Waals surface area contributed by atoms with Crippen molar-refractivity contribution in [2.75, 3.05) is 26.2 Å². The lowest BCUT2D eigenvalue weighted by Gasteiger charge is -2.19. The zero-order valence-electron chi connectivity index (χ0n) is 9.81. The van der Waals surface area contributed by atoms with Crippen LogP contribution in [-0.4, -0.2) is 48.6 Å². The van der Waals surface area contributed by atoms with E-state index in [0.717, 1.165) is 4.88 Å². The van der Waals surface area contributed by atoms with Gasteiger partial charge in [-0.3, -0.25) is 9.69 Å². The van der Waals surface area contributed by atoms with E-state index in [9.17, 15) is 13.6 Å². The van der Waals surface area contributed by atoms with Gasteiger partial charge in [0.15, 0.2) is 0 Å². The first-order chi connectivity index (χ1) is 8.61. The summed E-state index contributed by atoms with van der Waals surface area (Å²) in [6, 6.07) is 3.76. The van der Waals surface area contributed by atoms with Crippen molar-refractivity contribution in [3.8, 4) is 0 Å². The molecule has 0 radical (unpaired) electrons. The van der Waals surface area contributed by atoms with Crippen molar-refractivity contribution >= 4 is 17.2 Å². The molecule has 7 heteroatoms. The van der Waals surface area contributed by atoms with Crippen LogP contribution in [0, 0.1) is 0 Å². The zero-order chi connectivity index (χ0) is 13.4. The summed E-state index contributed by atoms with van der Waals surface area (Å²) in [7, 11) is 0. The first-order valence-electron chi connectivity index (χ1n) is 5.52. The number of amides is 1. The first kappa shape index (κ1) is 15.0. The summed E-state index contributed by atoms with van der Waals surface area (Å²) in [6.07, 6.45) is -2.51. The highest BCUT2D eigenvalue weighted by atomic mass is 32.1. The number of halogens is 2. The maximum atomic E-state index is 12.2. The molecule has 1 aromatic heterocycles. The molecule has 0 aliphatic carbocycles. The van der Waals surface area contributed by atoms with Gasteiger partial charge < -0.3 is 10.4 Å². The molecule has 0 bridgehead atoms. The van der Waals surface area contributed by atoms with Crippen LogP contribution in [0.2, 0.25) is 0 Å². The molecule has 4 nitrogen and oxygen atoms in total. The third-order valence-corrected chi connectivity index (χ3v) is 3.10. The van der Waals surface area contributed by atoms with E-state index in [1.54, 1.807) is 0 Å². The van der Waals surface area contributed by atoms with Crippen molar-refractivity contribution in [3.05, 3.63) is 22.4 Å². The lowest BCUT2D eigenvalue weighted by molar-refractivity contribution is -0.122. The number of alkyl halides is 2. The zero-order valence-corrected chi connectivity index (χ0v) is 10.6. The fourth-order valence-electron chi connectivity index (χ4n) is 1.43. The summed E-state index contributed by atoms with van der Waals surface area (Å²) in [5.74, 6) is -0.322. The van der Waals surface area contributed by atoms with E-state index < -0.39 is 13.0 Å². The minimum atomic E-state index is -2.51. The number of carbonyl (C=O) groups excluding carboxylic acids is 1. The minimum Gasteiger partial charge on any atom is -0.395 e. The molecular weight excluding hydrogens is 262 g/mol. The number of hydrogen-bond donors (Lipinski definition) is 2. The number of thiophene rings is 1. The van der Waals surface area contributed by atoms with Crippen molar-refractivity contribution in [1.29, 1.82) is 0 Å². The molecule has 0 aliphatic heterocycles. The molecule has 0 saturated carbocycles. The van der Waals surface area contributed by atoms with Gasteiger partial charge in [0, 0.05) is 11.4 Å². The van der Waals surface area contributed by atoms with E-state index in [-0.39, 0.29) is 25.6 Å². The van der Waals surface area contributed by atoms with Crippen molar-refractivity contribution in [1.82, 2.24) is 10.2 Å². The molecule has 0 aromatic carbocycles. The Morgan fingerprint density at radius 1 is 1.56 bits per heavy atom. The van der Waals surface area contributed by atoms with Gasteiger partial charge in [0.1, 0.15) is 0 Å². The Balaban J connectivity index is 2.31. The molecule has 1 heterocycles. The summed E-state index contributed by atoms with van der Waals surface area (Å²) in [6.45, 7) is -0.414. The van der Waals surface area contributed by atoms with Crippen LogP contribution in [0.25, 0.3) is 0 Å². The first-order valence-corrected chi connectivity index (χ1v) is 6.40. The van der Waals surface area contributed by atoms with Crippen molar-refractivity contribution in [2.24, 2.45) is 0 Å². The number of aliphatic hydroxyl groups is 1. The predicted molar refractivity (Wildman–Crippen MR) is 65.7 cm³/mol. The molecular formula is C11H16F2N2O2S. The summed E-state index contributed by atoms with van der Waals surface area (Å²) in [5, 5.41) is 13.3. The van der Waals surface area contributed by atoms with Crippen LogP contribution in [0.4, 0.5) is 8.78 Å². The van der Waals surface area contributed by atoms with Crippen molar-refractivity contribution in [2.45, 2.75) is 13.0 Å². The van der Waals surface area contributed by atoms with Gasteiger partial charge in [0.05, 0.1) is 26.2 Å². The molecule has 18 heavy (non-hydrogen) atoms. The van der Waals surface area contributed by atoms with E-state index in [1.807, 2.05) is 17.5 Å². The lowest BCUT2D eigenvalue weighted by Crippen LogP contribution is -2.40. The van der Waals surface area contributed by atoms with E-state index in [1.165, 1.54) is 16.2 Å². The summed E-state index contributed by atoms with van der Waals surface area (Å²) in [5.41, 5.74) is 0. The van der Waals surface area contributed by atoms with E-state index in [4.69, 9.17) is 5.11 Å². The van der Waals surface area contributed by atoms with E-state index in [2.05, 4.69) is 5.32 Å². The summed E-state index contributed by atoms with van der Waals surface area (Å²) in [4.78, 5) is 13.8. The second kappa shape index (κ2) is 8.12. The Bertz CT molecular complexity index is 347. The maximum absolute atomic E-state index is 12.2. The van der Waals surface area contributed by atoms with Gasteiger partial charge in [-0.05, 0) is 11.4 Å². The van der Waals surface area contributed by atoms with E-state index >= 15 is 0 Å². The number of rotatable bonds is 8. The fourth-order valence-corrected chi connectivity index (χ4v) is 2.07. The SMILES string of the molecule is O=C(CN(CCO)CC(F)F)NCc1cccs1. The average Bonchev–Trinajstić information content (AvgIpc) is 2.78. The monoisotopic (exact) mass is 278 g/mol. The Kier molecular flexibility index (Phi) is 6.77. The minimum absolute atomic E-state index is 0.0662. The van der Waals surface area contributed by atoms with E-state index in [0.29, 0.717) is 6.54 Å². The molecule has 0 fully saturated rings. The smallest absolute Gasteiger partial charge is 0.251 e. The molecule has 0 unspecified atom stereocenters. The lowest BCUT2D eigenvalue weighted by atomic mass is 10.4. The van der Waals surface area contributed by atoms with Gasteiger partial charge in [-0.25, -0.2) is 8.78 Å². The molecule has 0 spiro atoms. The standard InChI is InChI=1S/C11H16F2N2O2S/c12-10(13)7-15(3-4-16)8-11(17)14-6-9-2-1-5-18-9/h1-2,5,10,16H,3-4,6-8H2,(H,14,17). The highest BCUT2D eigenvalue weighted by molar-refractivity contribution is 7.09. The van der Waals surface area contributed by atoms with Crippen LogP contribution in [0.3, 0.4) is 0 Å². The molecule has 1 rings (SSSR count). The Hall–Kier alpha value is -1.05. The van der Waals surface area contributed by atoms with Gasteiger partial charge in [-0.2, -0.15) is 0 Å². The molecule has 1 amide bonds. The number of aliphatic hydroxyl groups excluding tert-OH is 1. The Morgan fingerprint density at radius 3 is 2.89 bits per heavy atom. The topological polar surface area (TPSA) is 52.6 Å². The van der Waals surface area contributed by atoms with Crippen LogP contribution >= 0.6 is 11.3 Å². The van der Waals surface area contributed by atoms with Crippen LogP contribution in [0.1, 0.15) is 4.88 Å². The predicted octanol–water partition coefficient (Wildman–Crippen LogP) is 0.924. The molecule has 0 atom stereocenters. The number of hydrogen-bond acceptors (Lipinski definition) is 4. The number of nitrogens with one attached hydrogen (secondary N) is 1. The van der Waals surface area contributed by atoms with Crippen LogP contribution < -0.4 is 5.32 Å². The molecule has 0 saturated heterocycles. The van der Waals surface area contributed by atoms with Gasteiger partial charge in [-0.15, -0.1) is 11.3 Å². The number of nitrogens with zero attached hydrogens (tertiary/aromatic N) is 1. The molecule has 1 aromatic rings. The van der Waals surface area contributed by atoms with Crippen molar-refractivity contribution in [3.63, 3.8) is 0 Å². The molecule has 0 aliphatic rings. The van der Waals surface area contributed by atoms with Gasteiger partial charge in [-0.1, -0.05) is 6.07 Å². The van der Waals surface area contributed by atoms with Crippen molar-refractivity contribution < 1.29 is 18.7 Å². The summed E-state index contributed by atoms with van der Waals surface area (Å²) >= 11 is 1.52. The Labute approximate surface area is 108 Å². The van der Waals surface area contributed by atoms with Gasteiger partial charge in [0.2, 0.25) is 5.91 Å². The molecule has 102 valence electrons. The maximum Gasteiger partial charge on any atom is 0.251 e.